The Bertz CT molecular complexity index is 630. The normalized spacial score (nSPS) is 35.2. The van der Waals surface area contributed by atoms with E-state index in [1.165, 1.54) is 32.1 Å². The molecule has 1 aromatic heterocycles. The second-order valence-electron chi connectivity index (χ2n) is 8.05. The molecule has 0 N–H and O–H groups in total. The van der Waals surface area contributed by atoms with Gasteiger partial charge in [-0.2, -0.15) is 5.10 Å². The maximum Gasteiger partial charge on any atom is 0.199 e. The third-order valence-corrected chi connectivity index (χ3v) is 6.89. The van der Waals surface area contributed by atoms with Crippen molar-refractivity contribution in [2.45, 2.75) is 58.3 Å². The molecule has 126 valence electrons. The molecule has 5 rings (SSSR count). The summed E-state index contributed by atoms with van der Waals surface area (Å²) >= 11 is 5.61. The zero-order valence-corrected chi connectivity index (χ0v) is 15.1. The molecule has 0 aromatic carbocycles. The molecule has 0 radical (unpaired) electrons. The smallest absolute Gasteiger partial charge is 0.199 e. The Labute approximate surface area is 144 Å². The fourth-order valence-corrected chi connectivity index (χ4v) is 6.21. The predicted octanol–water partition coefficient (Wildman–Crippen LogP) is 3.62. The van der Waals surface area contributed by atoms with Crippen molar-refractivity contribution >= 4 is 12.2 Å². The van der Waals surface area contributed by atoms with Gasteiger partial charge in [0, 0.05) is 12.6 Å². The van der Waals surface area contributed by atoms with Crippen LogP contribution in [0.2, 0.25) is 0 Å². The largest absolute Gasteiger partial charge is 0.300 e. The number of allylic oxidation sites excluding steroid dienone is 1. The lowest BCUT2D eigenvalue weighted by atomic mass is 9.54. The summed E-state index contributed by atoms with van der Waals surface area (Å²) < 4.78 is 4.88. The van der Waals surface area contributed by atoms with Crippen LogP contribution in [0.4, 0.5) is 0 Å². The molecule has 1 aromatic rings. The standard InChI is InChI=1S/C18H28N4S/c1-4-5-21-12(2)19-22(18(21)23)11-20(3)17-15-7-13-6-14(9-15)10-16(17)8-13/h4,13-17H,1,5-11H2,2-3H3. The van der Waals surface area contributed by atoms with E-state index in [1.54, 1.807) is 0 Å². The van der Waals surface area contributed by atoms with Crippen molar-refractivity contribution < 1.29 is 0 Å². The van der Waals surface area contributed by atoms with Crippen LogP contribution in [0.25, 0.3) is 0 Å². The molecule has 1 heterocycles. The molecule has 4 nitrogen and oxygen atoms in total. The molecule has 23 heavy (non-hydrogen) atoms. The summed E-state index contributed by atoms with van der Waals surface area (Å²) in [5.41, 5.74) is 0. The first-order valence-corrected chi connectivity index (χ1v) is 9.43. The molecule has 4 aliphatic carbocycles. The van der Waals surface area contributed by atoms with Crippen molar-refractivity contribution in [1.29, 1.82) is 0 Å². The summed E-state index contributed by atoms with van der Waals surface area (Å²) in [6.07, 6.45) is 9.22. The summed E-state index contributed by atoms with van der Waals surface area (Å²) in [6.45, 7) is 7.40. The fraction of sp³-hybridized carbons (Fsp3) is 0.778. The van der Waals surface area contributed by atoms with Crippen molar-refractivity contribution in [3.05, 3.63) is 23.3 Å². The summed E-state index contributed by atoms with van der Waals surface area (Å²) in [5.74, 6) is 4.84. The number of hydrogen-bond acceptors (Lipinski definition) is 3. The van der Waals surface area contributed by atoms with Crippen molar-refractivity contribution in [2.75, 3.05) is 7.05 Å². The van der Waals surface area contributed by atoms with Gasteiger partial charge in [0.15, 0.2) is 4.77 Å². The number of aryl methyl sites for hydroxylation is 1. The summed E-state index contributed by atoms with van der Waals surface area (Å²) in [6, 6.07) is 0.731. The number of aromatic nitrogens is 3. The van der Waals surface area contributed by atoms with E-state index in [0.29, 0.717) is 0 Å². The van der Waals surface area contributed by atoms with Gasteiger partial charge >= 0.3 is 0 Å². The van der Waals surface area contributed by atoms with Gasteiger partial charge in [0.05, 0.1) is 6.67 Å². The highest BCUT2D eigenvalue weighted by Gasteiger charge is 2.49. The Hall–Kier alpha value is -0.940. The molecule has 4 aliphatic rings. The highest BCUT2D eigenvalue weighted by molar-refractivity contribution is 7.71. The van der Waals surface area contributed by atoms with Crippen LogP contribution in [-0.4, -0.2) is 32.3 Å². The number of hydrogen-bond donors (Lipinski definition) is 0. The second-order valence-corrected chi connectivity index (χ2v) is 8.41. The van der Waals surface area contributed by atoms with Gasteiger partial charge in [-0.15, -0.1) is 6.58 Å². The first kappa shape index (κ1) is 15.6. The molecule has 4 fully saturated rings. The third kappa shape index (κ3) is 2.62. The molecule has 0 aliphatic heterocycles. The van der Waals surface area contributed by atoms with E-state index in [1.807, 2.05) is 17.7 Å². The van der Waals surface area contributed by atoms with Crippen LogP contribution < -0.4 is 0 Å². The van der Waals surface area contributed by atoms with Crippen molar-refractivity contribution in [3.63, 3.8) is 0 Å². The molecule has 0 unspecified atom stereocenters. The van der Waals surface area contributed by atoms with Crippen LogP contribution in [0.3, 0.4) is 0 Å². The van der Waals surface area contributed by atoms with Crippen LogP contribution in [0.15, 0.2) is 12.7 Å². The van der Waals surface area contributed by atoms with Crippen molar-refractivity contribution in [3.8, 4) is 0 Å². The summed E-state index contributed by atoms with van der Waals surface area (Å²) in [7, 11) is 2.27. The van der Waals surface area contributed by atoms with E-state index in [-0.39, 0.29) is 0 Å². The monoisotopic (exact) mass is 332 g/mol. The average molecular weight is 333 g/mol. The Balaban J connectivity index is 1.52. The van der Waals surface area contributed by atoms with Crippen molar-refractivity contribution in [1.82, 2.24) is 19.2 Å². The minimum absolute atomic E-state index is 0.731. The van der Waals surface area contributed by atoms with Gasteiger partial charge in [0.1, 0.15) is 5.82 Å². The van der Waals surface area contributed by atoms with Crippen LogP contribution in [0, 0.1) is 35.4 Å². The Morgan fingerprint density at radius 1 is 1.22 bits per heavy atom. The molecular weight excluding hydrogens is 304 g/mol. The quantitative estimate of drug-likeness (QED) is 0.608. The summed E-state index contributed by atoms with van der Waals surface area (Å²) in [4.78, 5) is 2.54. The SMILES string of the molecule is C=CCn1c(C)nn(CN(C)C2C3CC4CC(C3)CC2C4)c1=S. The Kier molecular flexibility index (Phi) is 3.96. The van der Waals surface area contributed by atoms with E-state index >= 15 is 0 Å². The van der Waals surface area contributed by atoms with E-state index in [2.05, 4.69) is 28.2 Å². The average Bonchev–Trinajstić information content (AvgIpc) is 2.74. The topological polar surface area (TPSA) is 26.0 Å². The van der Waals surface area contributed by atoms with Gasteiger partial charge in [-0.05, 0) is 82.0 Å². The molecule has 0 spiro atoms. The lowest BCUT2D eigenvalue weighted by molar-refractivity contribution is -0.0669. The van der Waals surface area contributed by atoms with E-state index < -0.39 is 0 Å². The van der Waals surface area contributed by atoms with Gasteiger partial charge in [0.2, 0.25) is 0 Å². The van der Waals surface area contributed by atoms with Crippen LogP contribution in [-0.2, 0) is 13.2 Å². The predicted molar refractivity (Wildman–Crippen MR) is 94.6 cm³/mol. The highest BCUT2D eigenvalue weighted by atomic mass is 32.1. The molecule has 5 heteroatoms. The van der Waals surface area contributed by atoms with E-state index in [9.17, 15) is 0 Å². The molecule has 0 saturated heterocycles. The first-order chi connectivity index (χ1) is 11.1. The molecular formula is C18H28N4S. The van der Waals surface area contributed by atoms with E-state index in [4.69, 9.17) is 12.2 Å². The summed E-state index contributed by atoms with van der Waals surface area (Å²) in [5, 5.41) is 4.67. The van der Waals surface area contributed by atoms with Crippen LogP contribution in [0.1, 0.15) is 37.9 Å². The number of rotatable bonds is 5. The van der Waals surface area contributed by atoms with Gasteiger partial charge in [-0.3, -0.25) is 4.90 Å². The maximum atomic E-state index is 5.61. The van der Waals surface area contributed by atoms with E-state index in [0.717, 1.165) is 53.5 Å². The third-order valence-electron chi connectivity index (χ3n) is 6.46. The zero-order valence-electron chi connectivity index (χ0n) is 14.3. The fourth-order valence-electron chi connectivity index (χ4n) is 5.90. The van der Waals surface area contributed by atoms with Crippen LogP contribution in [0.5, 0.6) is 0 Å². The Morgan fingerprint density at radius 3 is 2.39 bits per heavy atom. The maximum absolute atomic E-state index is 5.61. The molecule has 0 amide bonds. The first-order valence-electron chi connectivity index (χ1n) is 9.02. The van der Waals surface area contributed by atoms with Gasteiger partial charge < -0.3 is 4.57 Å². The lowest BCUT2D eigenvalue weighted by Gasteiger charge is -2.56. The molecule has 4 saturated carbocycles. The molecule has 4 bridgehead atoms. The van der Waals surface area contributed by atoms with Gasteiger partial charge in [-0.1, -0.05) is 6.08 Å². The van der Waals surface area contributed by atoms with Crippen molar-refractivity contribution in [2.24, 2.45) is 23.7 Å². The minimum atomic E-state index is 0.731. The molecule has 0 atom stereocenters. The minimum Gasteiger partial charge on any atom is -0.300 e. The van der Waals surface area contributed by atoms with Gasteiger partial charge in [0.25, 0.3) is 0 Å². The van der Waals surface area contributed by atoms with Gasteiger partial charge in [-0.25, -0.2) is 4.68 Å². The Morgan fingerprint density at radius 2 is 1.83 bits per heavy atom. The second kappa shape index (κ2) is 5.85. The van der Waals surface area contributed by atoms with Crippen LogP contribution >= 0.6 is 12.2 Å². The zero-order chi connectivity index (χ0) is 16.1. The number of nitrogens with zero attached hydrogens (tertiary/aromatic N) is 4. The lowest BCUT2D eigenvalue weighted by Crippen LogP contribution is -2.55. The highest BCUT2D eigenvalue weighted by Crippen LogP contribution is 2.54.